The summed E-state index contributed by atoms with van der Waals surface area (Å²) in [5, 5.41) is 11.5. The molecular formula is C11H12FNO2. The highest BCUT2D eigenvalue weighted by Crippen LogP contribution is 2.10. The maximum Gasteiger partial charge on any atom is 0.279 e. The van der Waals surface area contributed by atoms with Crippen LogP contribution in [0, 0.1) is 0 Å². The van der Waals surface area contributed by atoms with Crippen molar-refractivity contribution in [3.63, 3.8) is 0 Å². The fraction of sp³-hybridized carbons (Fsp3) is 0.182. The van der Waals surface area contributed by atoms with E-state index < -0.39 is 11.7 Å². The number of phenolic OH excluding ortho intramolecular Hbond substituents is 1. The van der Waals surface area contributed by atoms with E-state index in [0.717, 1.165) is 5.56 Å². The second-order valence-electron chi connectivity index (χ2n) is 3.08. The first-order chi connectivity index (χ1) is 7.09. The van der Waals surface area contributed by atoms with Gasteiger partial charge in [0, 0.05) is 6.54 Å². The largest absolute Gasteiger partial charge is 0.508 e. The third-order valence-electron chi connectivity index (χ3n) is 1.86. The standard InChI is InChI=1S/C11H12FNO2/c1-8(12)11(15)13-6-5-9-3-2-4-10(14)7-9/h2-4,7,14H,1,5-6H2,(H,13,15). The number of aromatic hydroxyl groups is 1. The first-order valence-electron chi connectivity index (χ1n) is 4.50. The van der Waals surface area contributed by atoms with E-state index in [1.165, 1.54) is 0 Å². The number of benzene rings is 1. The Labute approximate surface area is 87.2 Å². The number of hydrogen-bond donors (Lipinski definition) is 2. The lowest BCUT2D eigenvalue weighted by Crippen LogP contribution is -2.25. The summed E-state index contributed by atoms with van der Waals surface area (Å²) in [5.41, 5.74) is 0.875. The Hall–Kier alpha value is -1.84. The van der Waals surface area contributed by atoms with Crippen molar-refractivity contribution >= 4 is 5.91 Å². The molecule has 0 radical (unpaired) electrons. The smallest absolute Gasteiger partial charge is 0.279 e. The van der Waals surface area contributed by atoms with Crippen molar-refractivity contribution in [3.05, 3.63) is 42.2 Å². The summed E-state index contributed by atoms with van der Waals surface area (Å²) < 4.78 is 12.2. The summed E-state index contributed by atoms with van der Waals surface area (Å²) >= 11 is 0. The predicted molar refractivity (Wildman–Crippen MR) is 55.1 cm³/mol. The highest BCUT2D eigenvalue weighted by atomic mass is 19.1. The van der Waals surface area contributed by atoms with Gasteiger partial charge in [0.2, 0.25) is 0 Å². The maximum absolute atomic E-state index is 12.2. The lowest BCUT2D eigenvalue weighted by molar-refractivity contribution is -0.118. The molecule has 80 valence electrons. The molecule has 0 heterocycles. The quantitative estimate of drug-likeness (QED) is 0.739. The lowest BCUT2D eigenvalue weighted by atomic mass is 10.1. The average Bonchev–Trinajstić information content (AvgIpc) is 2.17. The second kappa shape index (κ2) is 5.14. The van der Waals surface area contributed by atoms with E-state index >= 15 is 0 Å². The first-order valence-corrected chi connectivity index (χ1v) is 4.50. The lowest BCUT2D eigenvalue weighted by Gasteiger charge is -2.03. The Morgan fingerprint density at radius 3 is 2.87 bits per heavy atom. The molecule has 0 aliphatic rings. The molecule has 1 aromatic rings. The number of rotatable bonds is 4. The highest BCUT2D eigenvalue weighted by Gasteiger charge is 2.03. The molecule has 0 bridgehead atoms. The molecule has 0 atom stereocenters. The summed E-state index contributed by atoms with van der Waals surface area (Å²) in [5.74, 6) is -1.62. The van der Waals surface area contributed by atoms with Gasteiger partial charge in [-0.3, -0.25) is 4.79 Å². The van der Waals surface area contributed by atoms with Crippen LogP contribution in [0.5, 0.6) is 5.75 Å². The van der Waals surface area contributed by atoms with Gasteiger partial charge in [-0.15, -0.1) is 0 Å². The number of nitrogens with one attached hydrogen (secondary N) is 1. The molecule has 0 fully saturated rings. The average molecular weight is 209 g/mol. The summed E-state index contributed by atoms with van der Waals surface area (Å²) in [6.45, 7) is 3.19. The minimum Gasteiger partial charge on any atom is -0.508 e. The monoisotopic (exact) mass is 209 g/mol. The Bertz CT molecular complexity index is 377. The molecule has 0 saturated carbocycles. The number of hydrogen-bond acceptors (Lipinski definition) is 2. The number of carbonyl (C=O) groups excluding carboxylic acids is 1. The normalized spacial score (nSPS) is 9.67. The van der Waals surface area contributed by atoms with Crippen LogP contribution in [0.1, 0.15) is 5.56 Å². The predicted octanol–water partition coefficient (Wildman–Crippen LogP) is 1.53. The first kappa shape index (κ1) is 11.2. The Balaban J connectivity index is 2.38. The molecule has 2 N–H and O–H groups in total. The van der Waals surface area contributed by atoms with Crippen LogP contribution in [-0.4, -0.2) is 17.6 Å². The van der Waals surface area contributed by atoms with Gasteiger partial charge in [0.1, 0.15) is 5.75 Å². The molecule has 0 saturated heterocycles. The van der Waals surface area contributed by atoms with E-state index in [4.69, 9.17) is 5.11 Å². The Morgan fingerprint density at radius 2 is 2.27 bits per heavy atom. The van der Waals surface area contributed by atoms with Crippen LogP contribution < -0.4 is 5.32 Å². The van der Waals surface area contributed by atoms with Crippen LogP contribution in [0.2, 0.25) is 0 Å². The van der Waals surface area contributed by atoms with Crippen LogP contribution in [0.3, 0.4) is 0 Å². The molecule has 15 heavy (non-hydrogen) atoms. The van der Waals surface area contributed by atoms with E-state index in [2.05, 4.69) is 11.9 Å². The number of phenols is 1. The van der Waals surface area contributed by atoms with Crippen molar-refractivity contribution in [2.75, 3.05) is 6.54 Å². The summed E-state index contributed by atoms with van der Waals surface area (Å²) in [6.07, 6.45) is 0.535. The van der Waals surface area contributed by atoms with Gasteiger partial charge in [-0.1, -0.05) is 18.7 Å². The van der Waals surface area contributed by atoms with Gasteiger partial charge < -0.3 is 10.4 Å². The van der Waals surface area contributed by atoms with Crippen LogP contribution >= 0.6 is 0 Å². The molecule has 1 amide bonds. The van der Waals surface area contributed by atoms with E-state index in [0.29, 0.717) is 13.0 Å². The third kappa shape index (κ3) is 3.81. The molecule has 0 spiro atoms. The van der Waals surface area contributed by atoms with Gasteiger partial charge in [-0.05, 0) is 24.1 Å². The van der Waals surface area contributed by atoms with E-state index in [1.807, 2.05) is 6.07 Å². The molecule has 3 nitrogen and oxygen atoms in total. The minimum absolute atomic E-state index is 0.175. The van der Waals surface area contributed by atoms with E-state index in [-0.39, 0.29) is 5.75 Å². The minimum atomic E-state index is -0.995. The zero-order valence-corrected chi connectivity index (χ0v) is 8.16. The molecular weight excluding hydrogens is 197 g/mol. The van der Waals surface area contributed by atoms with Gasteiger partial charge in [0.15, 0.2) is 5.83 Å². The van der Waals surface area contributed by atoms with Gasteiger partial charge in [0.25, 0.3) is 5.91 Å². The zero-order chi connectivity index (χ0) is 11.3. The van der Waals surface area contributed by atoms with E-state index in [9.17, 15) is 9.18 Å². The van der Waals surface area contributed by atoms with Gasteiger partial charge in [-0.25, -0.2) is 4.39 Å². The number of halogens is 1. The molecule has 0 aromatic heterocycles. The molecule has 1 rings (SSSR count). The summed E-state index contributed by atoms with van der Waals surface area (Å²) in [4.78, 5) is 10.8. The molecule has 0 aliphatic carbocycles. The SMILES string of the molecule is C=C(F)C(=O)NCCc1cccc(O)c1. The van der Waals surface area contributed by atoms with Gasteiger partial charge >= 0.3 is 0 Å². The fourth-order valence-corrected chi connectivity index (χ4v) is 1.13. The van der Waals surface area contributed by atoms with Crippen molar-refractivity contribution in [3.8, 4) is 5.75 Å². The fourth-order valence-electron chi connectivity index (χ4n) is 1.13. The van der Waals surface area contributed by atoms with Crippen LogP contribution in [0.15, 0.2) is 36.7 Å². The van der Waals surface area contributed by atoms with Crippen molar-refractivity contribution in [2.24, 2.45) is 0 Å². The van der Waals surface area contributed by atoms with Crippen LogP contribution in [-0.2, 0) is 11.2 Å². The van der Waals surface area contributed by atoms with Crippen LogP contribution in [0.25, 0.3) is 0 Å². The van der Waals surface area contributed by atoms with Crippen molar-refractivity contribution < 1.29 is 14.3 Å². The topological polar surface area (TPSA) is 49.3 Å². The molecule has 1 aromatic carbocycles. The van der Waals surface area contributed by atoms with Gasteiger partial charge in [-0.2, -0.15) is 0 Å². The number of carbonyl (C=O) groups is 1. The van der Waals surface area contributed by atoms with E-state index in [1.54, 1.807) is 18.2 Å². The zero-order valence-electron chi connectivity index (χ0n) is 8.16. The highest BCUT2D eigenvalue weighted by molar-refractivity contribution is 5.90. The molecule has 0 aliphatic heterocycles. The molecule has 0 unspecified atom stereocenters. The third-order valence-corrected chi connectivity index (χ3v) is 1.86. The molecule has 4 heteroatoms. The van der Waals surface area contributed by atoms with Crippen LogP contribution in [0.4, 0.5) is 4.39 Å². The Morgan fingerprint density at radius 1 is 1.53 bits per heavy atom. The summed E-state index contributed by atoms with van der Waals surface area (Å²) in [7, 11) is 0. The maximum atomic E-state index is 12.2. The number of amides is 1. The summed E-state index contributed by atoms with van der Waals surface area (Å²) in [6, 6.07) is 6.68. The van der Waals surface area contributed by atoms with Crippen molar-refractivity contribution in [1.82, 2.24) is 5.32 Å². The Kier molecular flexibility index (Phi) is 3.85. The van der Waals surface area contributed by atoms with Crippen molar-refractivity contribution in [2.45, 2.75) is 6.42 Å². The second-order valence-corrected chi connectivity index (χ2v) is 3.08. The van der Waals surface area contributed by atoms with Gasteiger partial charge in [0.05, 0.1) is 0 Å². The van der Waals surface area contributed by atoms with Crippen molar-refractivity contribution in [1.29, 1.82) is 0 Å².